The van der Waals surface area contributed by atoms with Crippen LogP contribution in [-0.4, -0.2) is 10.9 Å². The third-order valence-corrected chi connectivity index (χ3v) is 4.30. The maximum absolute atomic E-state index is 12.4. The van der Waals surface area contributed by atoms with Gasteiger partial charge in [0.2, 0.25) is 5.89 Å². The van der Waals surface area contributed by atoms with E-state index in [9.17, 15) is 4.79 Å². The SMILES string of the molecule is Cc1cccc(C(=O)Nc2ccc3nc(-c4ccccc4C)oc3c2)c1. The largest absolute Gasteiger partial charge is 0.436 e. The van der Waals surface area contributed by atoms with Crippen molar-refractivity contribution in [3.05, 3.63) is 83.4 Å². The van der Waals surface area contributed by atoms with Crippen LogP contribution in [0.25, 0.3) is 22.6 Å². The Hall–Kier alpha value is -3.40. The topological polar surface area (TPSA) is 55.1 Å². The van der Waals surface area contributed by atoms with E-state index in [1.54, 1.807) is 12.1 Å². The van der Waals surface area contributed by atoms with Crippen LogP contribution in [0.4, 0.5) is 5.69 Å². The van der Waals surface area contributed by atoms with E-state index in [0.717, 1.165) is 22.2 Å². The van der Waals surface area contributed by atoms with Crippen molar-refractivity contribution in [2.75, 3.05) is 5.32 Å². The van der Waals surface area contributed by atoms with E-state index in [2.05, 4.69) is 10.3 Å². The minimum absolute atomic E-state index is 0.147. The molecule has 0 aliphatic carbocycles. The number of nitrogens with one attached hydrogen (secondary N) is 1. The number of oxazole rings is 1. The zero-order chi connectivity index (χ0) is 18.1. The fourth-order valence-electron chi connectivity index (χ4n) is 2.92. The predicted molar refractivity (Wildman–Crippen MR) is 103 cm³/mol. The minimum atomic E-state index is -0.147. The Morgan fingerprint density at radius 2 is 1.81 bits per heavy atom. The number of anilines is 1. The van der Waals surface area contributed by atoms with Gasteiger partial charge in [0.1, 0.15) is 5.52 Å². The Kier molecular flexibility index (Phi) is 4.01. The second kappa shape index (κ2) is 6.48. The third kappa shape index (κ3) is 3.09. The zero-order valence-electron chi connectivity index (χ0n) is 14.6. The summed E-state index contributed by atoms with van der Waals surface area (Å²) in [6, 6.07) is 20.9. The molecule has 4 nitrogen and oxygen atoms in total. The molecule has 1 amide bonds. The summed E-state index contributed by atoms with van der Waals surface area (Å²) in [5.74, 6) is 0.437. The lowest BCUT2D eigenvalue weighted by Crippen LogP contribution is -2.11. The molecule has 1 aromatic heterocycles. The molecule has 1 N–H and O–H groups in total. The van der Waals surface area contributed by atoms with Gasteiger partial charge in [0.15, 0.2) is 5.58 Å². The van der Waals surface area contributed by atoms with Crippen molar-refractivity contribution in [1.82, 2.24) is 4.98 Å². The fraction of sp³-hybridized carbons (Fsp3) is 0.0909. The summed E-state index contributed by atoms with van der Waals surface area (Å²) in [6.07, 6.45) is 0. The van der Waals surface area contributed by atoms with Gasteiger partial charge in [-0.05, 0) is 49.7 Å². The number of nitrogens with zero attached hydrogens (tertiary/aromatic N) is 1. The van der Waals surface area contributed by atoms with Crippen molar-refractivity contribution in [3.8, 4) is 11.5 Å². The first-order valence-corrected chi connectivity index (χ1v) is 8.45. The first-order chi connectivity index (χ1) is 12.6. The molecule has 0 aliphatic rings. The smallest absolute Gasteiger partial charge is 0.255 e. The highest BCUT2D eigenvalue weighted by Gasteiger charge is 2.12. The number of fused-ring (bicyclic) bond motifs is 1. The first-order valence-electron chi connectivity index (χ1n) is 8.45. The Morgan fingerprint density at radius 3 is 2.62 bits per heavy atom. The number of benzene rings is 3. The molecule has 0 saturated heterocycles. The van der Waals surface area contributed by atoms with Crippen LogP contribution < -0.4 is 5.32 Å². The summed E-state index contributed by atoms with van der Waals surface area (Å²) in [6.45, 7) is 3.99. The van der Waals surface area contributed by atoms with Crippen LogP contribution in [0.3, 0.4) is 0 Å². The lowest BCUT2D eigenvalue weighted by molar-refractivity contribution is 0.102. The number of hydrogen-bond acceptors (Lipinski definition) is 3. The monoisotopic (exact) mass is 342 g/mol. The van der Waals surface area contributed by atoms with E-state index in [1.807, 2.05) is 68.4 Å². The normalized spacial score (nSPS) is 10.8. The lowest BCUT2D eigenvalue weighted by Gasteiger charge is -2.05. The molecule has 4 heteroatoms. The van der Waals surface area contributed by atoms with Gasteiger partial charge >= 0.3 is 0 Å². The molecule has 0 radical (unpaired) electrons. The Morgan fingerprint density at radius 1 is 0.962 bits per heavy atom. The van der Waals surface area contributed by atoms with E-state index >= 15 is 0 Å². The van der Waals surface area contributed by atoms with E-state index in [0.29, 0.717) is 22.7 Å². The van der Waals surface area contributed by atoms with Crippen molar-refractivity contribution in [1.29, 1.82) is 0 Å². The van der Waals surface area contributed by atoms with Crippen molar-refractivity contribution in [2.24, 2.45) is 0 Å². The Balaban J connectivity index is 1.64. The van der Waals surface area contributed by atoms with Crippen molar-refractivity contribution in [3.63, 3.8) is 0 Å². The number of carbonyl (C=O) groups excluding carboxylic acids is 1. The zero-order valence-corrected chi connectivity index (χ0v) is 14.6. The highest BCUT2D eigenvalue weighted by molar-refractivity contribution is 6.05. The molecule has 1 heterocycles. The molecule has 0 saturated carbocycles. The molecule has 0 atom stereocenters. The number of amides is 1. The summed E-state index contributed by atoms with van der Waals surface area (Å²) in [7, 11) is 0. The minimum Gasteiger partial charge on any atom is -0.436 e. The number of carbonyl (C=O) groups is 1. The molecule has 0 spiro atoms. The van der Waals surface area contributed by atoms with Crippen LogP contribution in [-0.2, 0) is 0 Å². The van der Waals surface area contributed by atoms with E-state index < -0.39 is 0 Å². The molecular formula is C22H18N2O2. The van der Waals surface area contributed by atoms with E-state index in [4.69, 9.17) is 4.42 Å². The third-order valence-electron chi connectivity index (χ3n) is 4.30. The van der Waals surface area contributed by atoms with Crippen LogP contribution in [0, 0.1) is 13.8 Å². The first kappa shape index (κ1) is 16.1. The molecule has 4 aromatic rings. The molecule has 0 unspecified atom stereocenters. The standard InChI is InChI=1S/C22H18N2O2/c1-14-6-5-8-16(12-14)21(25)23-17-10-11-19-20(13-17)26-22(24-19)18-9-4-3-7-15(18)2/h3-13H,1-2H3,(H,23,25). The van der Waals surface area contributed by atoms with Crippen LogP contribution in [0.15, 0.2) is 71.1 Å². The van der Waals surface area contributed by atoms with Gasteiger partial charge in [0.05, 0.1) is 0 Å². The quantitative estimate of drug-likeness (QED) is 0.545. The van der Waals surface area contributed by atoms with Crippen LogP contribution in [0.5, 0.6) is 0 Å². The maximum Gasteiger partial charge on any atom is 0.255 e. The molecule has 0 fully saturated rings. The van der Waals surface area contributed by atoms with Gasteiger partial charge in [-0.15, -0.1) is 0 Å². The van der Waals surface area contributed by atoms with Gasteiger partial charge in [-0.3, -0.25) is 4.79 Å². The molecule has 128 valence electrons. The lowest BCUT2D eigenvalue weighted by atomic mass is 10.1. The summed E-state index contributed by atoms with van der Waals surface area (Å²) in [4.78, 5) is 17.0. The summed E-state index contributed by atoms with van der Waals surface area (Å²) >= 11 is 0. The van der Waals surface area contributed by atoms with Gasteiger partial charge in [0.25, 0.3) is 5.91 Å². The fourth-order valence-corrected chi connectivity index (χ4v) is 2.92. The van der Waals surface area contributed by atoms with E-state index in [-0.39, 0.29) is 5.91 Å². The van der Waals surface area contributed by atoms with E-state index in [1.165, 1.54) is 0 Å². The van der Waals surface area contributed by atoms with Crippen LogP contribution >= 0.6 is 0 Å². The molecule has 26 heavy (non-hydrogen) atoms. The van der Waals surface area contributed by atoms with Crippen molar-refractivity contribution >= 4 is 22.7 Å². The average Bonchev–Trinajstić information content (AvgIpc) is 3.05. The van der Waals surface area contributed by atoms with Crippen LogP contribution in [0.2, 0.25) is 0 Å². The summed E-state index contributed by atoms with van der Waals surface area (Å²) in [5.41, 5.74) is 5.83. The second-order valence-electron chi connectivity index (χ2n) is 6.34. The number of rotatable bonds is 3. The highest BCUT2D eigenvalue weighted by Crippen LogP contribution is 2.28. The maximum atomic E-state index is 12.4. The van der Waals surface area contributed by atoms with Gasteiger partial charge in [-0.25, -0.2) is 4.98 Å². The predicted octanol–water partition coefficient (Wildman–Crippen LogP) is 5.36. The van der Waals surface area contributed by atoms with Gasteiger partial charge in [-0.2, -0.15) is 0 Å². The summed E-state index contributed by atoms with van der Waals surface area (Å²) in [5, 5.41) is 2.91. The highest BCUT2D eigenvalue weighted by atomic mass is 16.3. The summed E-state index contributed by atoms with van der Waals surface area (Å²) < 4.78 is 5.92. The molecule has 0 aliphatic heterocycles. The Labute approximate surface area is 151 Å². The number of aryl methyl sites for hydroxylation is 2. The Bertz CT molecular complexity index is 1110. The molecule has 0 bridgehead atoms. The van der Waals surface area contributed by atoms with Crippen molar-refractivity contribution < 1.29 is 9.21 Å². The molecule has 4 rings (SSSR count). The van der Waals surface area contributed by atoms with Crippen LogP contribution in [0.1, 0.15) is 21.5 Å². The number of aromatic nitrogens is 1. The van der Waals surface area contributed by atoms with Gasteiger partial charge in [0, 0.05) is 22.9 Å². The number of hydrogen-bond donors (Lipinski definition) is 1. The molecular weight excluding hydrogens is 324 g/mol. The van der Waals surface area contributed by atoms with Gasteiger partial charge in [-0.1, -0.05) is 35.9 Å². The average molecular weight is 342 g/mol. The van der Waals surface area contributed by atoms with Crippen molar-refractivity contribution in [2.45, 2.75) is 13.8 Å². The second-order valence-corrected chi connectivity index (χ2v) is 6.34. The molecule has 3 aromatic carbocycles. The van der Waals surface area contributed by atoms with Gasteiger partial charge < -0.3 is 9.73 Å².